The van der Waals surface area contributed by atoms with E-state index in [2.05, 4.69) is 16.0 Å². The summed E-state index contributed by atoms with van der Waals surface area (Å²) in [5, 5.41) is 2.04. The Bertz CT molecular complexity index is 420. The molecule has 0 saturated heterocycles. The molecule has 0 bridgehead atoms. The molecule has 0 atom stereocenters. The zero-order valence-corrected chi connectivity index (χ0v) is 8.77. The van der Waals surface area contributed by atoms with Crippen molar-refractivity contribution in [2.45, 2.75) is 19.8 Å². The Balaban J connectivity index is 2.18. The second kappa shape index (κ2) is 4.23. The first-order valence-corrected chi connectivity index (χ1v) is 5.05. The fourth-order valence-corrected chi connectivity index (χ4v) is 1.59. The number of nitrogens with two attached hydrogens (primary N) is 2. The first-order chi connectivity index (χ1) is 7.25. The van der Waals surface area contributed by atoms with Gasteiger partial charge in [-0.2, -0.15) is 4.98 Å². The molecule has 1 aromatic rings. The first-order valence-electron chi connectivity index (χ1n) is 5.05. The number of nitrogens with zero attached hydrogens (tertiary/aromatic N) is 2. The van der Waals surface area contributed by atoms with Gasteiger partial charge in [0, 0.05) is 18.7 Å². The van der Waals surface area contributed by atoms with Crippen molar-refractivity contribution in [3.8, 4) is 0 Å². The van der Waals surface area contributed by atoms with E-state index in [1.165, 1.54) is 0 Å². The predicted molar refractivity (Wildman–Crippen MR) is 57.9 cm³/mol. The lowest BCUT2D eigenvalue weighted by Gasteiger charge is -2.09. The molecule has 0 spiro atoms. The standard InChI is InChI=1S/C11H14N4/c1-8-13-7-6-11(14-8)15-10-5-3-2-4-9(10)12/h2,4,6-7H,3,5,12H2,1H3,(H,13,14,15)/p+1. The lowest BCUT2D eigenvalue weighted by Crippen LogP contribution is -2.77. The lowest BCUT2D eigenvalue weighted by atomic mass is 10.1. The maximum Gasteiger partial charge on any atom is 0.232 e. The Kier molecular flexibility index (Phi) is 2.78. The van der Waals surface area contributed by atoms with E-state index >= 15 is 0 Å². The number of hydrogen-bond donors (Lipinski definition) is 2. The first kappa shape index (κ1) is 9.86. The fourth-order valence-electron chi connectivity index (χ4n) is 1.59. The molecule has 0 fully saturated rings. The van der Waals surface area contributed by atoms with Crippen LogP contribution in [-0.4, -0.2) is 9.97 Å². The molecule has 0 amide bonds. The average molecular weight is 203 g/mol. The molecule has 1 heterocycles. The predicted octanol–water partition coefficient (Wildman–Crippen LogP) is 0.500. The molecular weight excluding hydrogens is 188 g/mol. The van der Waals surface area contributed by atoms with Gasteiger partial charge in [0.05, 0.1) is 5.70 Å². The zero-order chi connectivity index (χ0) is 10.7. The van der Waals surface area contributed by atoms with Gasteiger partial charge >= 0.3 is 0 Å². The summed E-state index contributed by atoms with van der Waals surface area (Å²) in [4.78, 5) is 8.38. The Morgan fingerprint density at radius 2 is 2.33 bits per heavy atom. The molecule has 1 aromatic heterocycles. The van der Waals surface area contributed by atoms with Crippen LogP contribution < -0.4 is 11.1 Å². The Labute approximate surface area is 88.9 Å². The minimum absolute atomic E-state index is 0.786. The minimum Gasteiger partial charge on any atom is -0.394 e. The van der Waals surface area contributed by atoms with E-state index in [-0.39, 0.29) is 0 Å². The summed E-state index contributed by atoms with van der Waals surface area (Å²) in [7, 11) is 0. The Morgan fingerprint density at radius 3 is 3.07 bits per heavy atom. The Hall–Kier alpha value is -1.68. The van der Waals surface area contributed by atoms with Crippen molar-refractivity contribution in [2.75, 3.05) is 0 Å². The molecule has 0 radical (unpaired) electrons. The highest BCUT2D eigenvalue weighted by molar-refractivity contribution is 5.24. The third-order valence-electron chi connectivity index (χ3n) is 2.37. The highest BCUT2D eigenvalue weighted by Gasteiger charge is 2.11. The van der Waals surface area contributed by atoms with Gasteiger partial charge in [-0.1, -0.05) is 6.08 Å². The third-order valence-corrected chi connectivity index (χ3v) is 2.37. The van der Waals surface area contributed by atoms with Gasteiger partial charge in [-0.15, -0.1) is 0 Å². The highest BCUT2D eigenvalue weighted by Crippen LogP contribution is 2.10. The van der Waals surface area contributed by atoms with Crippen molar-refractivity contribution in [3.63, 3.8) is 0 Å². The molecule has 1 aliphatic rings. The molecule has 0 unspecified atom stereocenters. The molecule has 0 saturated carbocycles. The average Bonchev–Trinajstić information content (AvgIpc) is 2.22. The summed E-state index contributed by atoms with van der Waals surface area (Å²) in [5.74, 6) is 1.71. The number of aromatic nitrogens is 2. The van der Waals surface area contributed by atoms with Crippen LogP contribution in [0.3, 0.4) is 0 Å². The maximum absolute atomic E-state index is 5.88. The van der Waals surface area contributed by atoms with Crippen LogP contribution in [0.25, 0.3) is 0 Å². The van der Waals surface area contributed by atoms with Crippen molar-refractivity contribution in [3.05, 3.63) is 41.6 Å². The molecule has 78 valence electrons. The maximum atomic E-state index is 5.88. The molecule has 2 rings (SSSR count). The van der Waals surface area contributed by atoms with Gasteiger partial charge in [0.2, 0.25) is 5.82 Å². The zero-order valence-electron chi connectivity index (χ0n) is 8.77. The minimum atomic E-state index is 0.786. The molecule has 0 aliphatic heterocycles. The van der Waals surface area contributed by atoms with Crippen molar-refractivity contribution >= 4 is 5.82 Å². The summed E-state index contributed by atoms with van der Waals surface area (Å²) < 4.78 is 0. The van der Waals surface area contributed by atoms with Crippen LogP contribution in [0.2, 0.25) is 0 Å². The van der Waals surface area contributed by atoms with Crippen molar-refractivity contribution in [1.29, 1.82) is 0 Å². The fraction of sp³-hybridized carbons (Fsp3) is 0.273. The summed E-state index contributed by atoms with van der Waals surface area (Å²) in [6, 6.07) is 1.89. The molecule has 4 heteroatoms. The second-order valence-corrected chi connectivity index (χ2v) is 3.59. The van der Waals surface area contributed by atoms with Gasteiger partial charge in [0.25, 0.3) is 0 Å². The smallest absolute Gasteiger partial charge is 0.232 e. The van der Waals surface area contributed by atoms with E-state index < -0.39 is 0 Å². The molecular formula is C11H15N4+. The largest absolute Gasteiger partial charge is 0.394 e. The van der Waals surface area contributed by atoms with Crippen molar-refractivity contribution < 1.29 is 5.32 Å². The van der Waals surface area contributed by atoms with Gasteiger partial charge in [0.15, 0.2) is 0 Å². The van der Waals surface area contributed by atoms with E-state index in [4.69, 9.17) is 5.73 Å². The second-order valence-electron chi connectivity index (χ2n) is 3.59. The van der Waals surface area contributed by atoms with Gasteiger partial charge in [0.1, 0.15) is 11.5 Å². The number of quaternary nitrogens is 1. The van der Waals surface area contributed by atoms with E-state index in [9.17, 15) is 0 Å². The highest BCUT2D eigenvalue weighted by atomic mass is 15.0. The van der Waals surface area contributed by atoms with Crippen LogP contribution >= 0.6 is 0 Å². The molecule has 4 nitrogen and oxygen atoms in total. The van der Waals surface area contributed by atoms with Crippen LogP contribution in [-0.2, 0) is 0 Å². The van der Waals surface area contributed by atoms with E-state index in [1.54, 1.807) is 6.20 Å². The van der Waals surface area contributed by atoms with Crippen LogP contribution in [0, 0.1) is 6.92 Å². The van der Waals surface area contributed by atoms with Crippen molar-refractivity contribution in [2.24, 2.45) is 5.73 Å². The molecule has 1 aliphatic carbocycles. The molecule has 0 aromatic carbocycles. The number of rotatable bonds is 2. The lowest BCUT2D eigenvalue weighted by molar-refractivity contribution is -0.525. The third kappa shape index (κ3) is 2.41. The van der Waals surface area contributed by atoms with E-state index in [0.717, 1.165) is 35.9 Å². The van der Waals surface area contributed by atoms with Crippen LogP contribution in [0.4, 0.5) is 5.82 Å². The van der Waals surface area contributed by atoms with E-state index in [0.29, 0.717) is 0 Å². The van der Waals surface area contributed by atoms with Gasteiger partial charge in [-0.3, -0.25) is 5.32 Å². The van der Waals surface area contributed by atoms with Gasteiger partial charge in [-0.05, 0) is 19.4 Å². The van der Waals surface area contributed by atoms with Gasteiger partial charge in [-0.25, -0.2) is 4.98 Å². The van der Waals surface area contributed by atoms with Crippen LogP contribution in [0.1, 0.15) is 18.7 Å². The summed E-state index contributed by atoms with van der Waals surface area (Å²) in [6.07, 6.45) is 7.87. The molecule has 15 heavy (non-hydrogen) atoms. The van der Waals surface area contributed by atoms with E-state index in [1.807, 2.05) is 24.4 Å². The topological polar surface area (TPSA) is 68.4 Å². The Morgan fingerprint density at radius 1 is 1.47 bits per heavy atom. The van der Waals surface area contributed by atoms with Crippen molar-refractivity contribution in [1.82, 2.24) is 9.97 Å². The SMILES string of the molecule is Cc1nccc([NH2+]C2=C(N)C=CCC2)n1. The molecule has 4 N–H and O–H groups in total. The number of hydrogen-bond acceptors (Lipinski definition) is 3. The summed E-state index contributed by atoms with van der Waals surface area (Å²) in [6.45, 7) is 1.88. The van der Waals surface area contributed by atoms with Gasteiger partial charge < -0.3 is 5.73 Å². The normalized spacial score (nSPS) is 15.8. The quantitative estimate of drug-likeness (QED) is 0.735. The summed E-state index contributed by atoms with van der Waals surface area (Å²) >= 11 is 0. The monoisotopic (exact) mass is 203 g/mol. The summed E-state index contributed by atoms with van der Waals surface area (Å²) in [5.41, 5.74) is 7.89. The number of aryl methyl sites for hydroxylation is 1. The van der Waals surface area contributed by atoms with Crippen LogP contribution in [0.15, 0.2) is 35.8 Å². The number of allylic oxidation sites excluding steroid dienone is 3. The van der Waals surface area contributed by atoms with Crippen LogP contribution in [0.5, 0.6) is 0 Å².